The summed E-state index contributed by atoms with van der Waals surface area (Å²) < 4.78 is 55.4. The predicted molar refractivity (Wildman–Crippen MR) is 100 cm³/mol. The summed E-state index contributed by atoms with van der Waals surface area (Å²) in [7, 11) is 0. The summed E-state index contributed by atoms with van der Waals surface area (Å²) in [4.78, 5) is 4.25. The van der Waals surface area contributed by atoms with Gasteiger partial charge in [0.1, 0.15) is 5.82 Å². The van der Waals surface area contributed by atoms with Gasteiger partial charge in [-0.1, -0.05) is 25.1 Å². The first-order valence-electron chi connectivity index (χ1n) is 9.29. The van der Waals surface area contributed by atoms with Crippen LogP contribution in [0.2, 0.25) is 0 Å². The Kier molecular flexibility index (Phi) is 5.62. The highest BCUT2D eigenvalue weighted by Gasteiger charge is 2.54. The predicted octanol–water partition coefficient (Wildman–Crippen LogP) is 5.52. The molecule has 150 valence electrons. The first-order valence-corrected chi connectivity index (χ1v) is 9.29. The summed E-state index contributed by atoms with van der Waals surface area (Å²) in [5, 5.41) is 10.7. The molecule has 2 atom stereocenters. The van der Waals surface area contributed by atoms with Crippen LogP contribution in [-0.4, -0.2) is 21.9 Å². The van der Waals surface area contributed by atoms with Gasteiger partial charge >= 0.3 is 6.18 Å². The molecule has 1 heterocycles. The van der Waals surface area contributed by atoms with Crippen molar-refractivity contribution in [3.63, 3.8) is 0 Å². The zero-order chi connectivity index (χ0) is 20.5. The van der Waals surface area contributed by atoms with E-state index in [4.69, 9.17) is 0 Å². The molecule has 0 saturated heterocycles. The Morgan fingerprint density at radius 3 is 2.68 bits per heavy atom. The van der Waals surface area contributed by atoms with Gasteiger partial charge in [0.25, 0.3) is 0 Å². The molecule has 1 N–H and O–H groups in total. The van der Waals surface area contributed by atoms with Gasteiger partial charge in [-0.2, -0.15) is 13.2 Å². The zero-order valence-corrected chi connectivity index (χ0v) is 15.9. The Morgan fingerprint density at radius 2 is 1.96 bits per heavy atom. The lowest BCUT2D eigenvalue weighted by atomic mass is 9.80. The van der Waals surface area contributed by atoms with E-state index in [0.717, 1.165) is 12.1 Å². The fraction of sp³-hybridized carbons (Fsp3) is 0.409. The summed E-state index contributed by atoms with van der Waals surface area (Å²) in [6, 6.07) is 5.59. The molecule has 6 heteroatoms. The molecule has 0 bridgehead atoms. The molecule has 0 fully saturated rings. The molecule has 1 aromatic carbocycles. The standard InChI is InChI=1S/C22H23F4NO/c1-14-7-8-17(23)11-19(14)15(2)12-21(28,22(24,25)26)13-16-9-10-27-20-6-4-3-5-18(16)20/h3,5,7-11,15,28H,4,6,12-13H2,1-2H3. The fourth-order valence-corrected chi connectivity index (χ4v) is 3.90. The number of hydrogen-bond acceptors (Lipinski definition) is 2. The van der Waals surface area contributed by atoms with E-state index in [9.17, 15) is 22.7 Å². The maximum absolute atomic E-state index is 13.9. The Hall–Kier alpha value is -2.21. The lowest BCUT2D eigenvalue weighted by Gasteiger charge is -2.34. The van der Waals surface area contributed by atoms with Crippen molar-refractivity contribution in [2.24, 2.45) is 0 Å². The van der Waals surface area contributed by atoms with Gasteiger partial charge in [-0.05, 0) is 72.6 Å². The third-order valence-electron chi connectivity index (χ3n) is 5.42. The highest BCUT2D eigenvalue weighted by Crippen LogP contribution is 2.42. The molecule has 3 rings (SSSR count). The molecule has 0 radical (unpaired) electrons. The van der Waals surface area contributed by atoms with Crippen LogP contribution in [0.1, 0.15) is 53.6 Å². The molecule has 2 nitrogen and oxygen atoms in total. The number of aromatic nitrogens is 1. The number of nitrogens with zero attached hydrogens (tertiary/aromatic N) is 1. The Morgan fingerprint density at radius 1 is 1.21 bits per heavy atom. The van der Waals surface area contributed by atoms with Gasteiger partial charge in [-0.15, -0.1) is 0 Å². The fourth-order valence-electron chi connectivity index (χ4n) is 3.90. The average Bonchev–Trinajstić information content (AvgIpc) is 2.63. The van der Waals surface area contributed by atoms with Crippen LogP contribution in [0.3, 0.4) is 0 Å². The third kappa shape index (κ3) is 4.12. The number of benzene rings is 1. The minimum Gasteiger partial charge on any atom is -0.380 e. The maximum Gasteiger partial charge on any atom is 0.417 e. The quantitative estimate of drug-likeness (QED) is 0.679. The Balaban J connectivity index is 1.94. The van der Waals surface area contributed by atoms with Crippen molar-refractivity contribution in [3.8, 4) is 0 Å². The second kappa shape index (κ2) is 7.66. The number of halogens is 4. The van der Waals surface area contributed by atoms with E-state index in [1.165, 1.54) is 30.5 Å². The molecule has 0 amide bonds. The van der Waals surface area contributed by atoms with Crippen molar-refractivity contribution in [3.05, 3.63) is 70.3 Å². The average molecular weight is 393 g/mol. The van der Waals surface area contributed by atoms with Crippen molar-refractivity contribution >= 4 is 6.08 Å². The van der Waals surface area contributed by atoms with E-state index in [0.29, 0.717) is 28.7 Å². The van der Waals surface area contributed by atoms with E-state index in [-0.39, 0.29) is 0 Å². The number of rotatable bonds is 5. The van der Waals surface area contributed by atoms with Crippen molar-refractivity contribution in [2.75, 3.05) is 0 Å². The molecule has 1 aliphatic rings. The van der Waals surface area contributed by atoms with Gasteiger partial charge < -0.3 is 5.11 Å². The second-order valence-electron chi connectivity index (χ2n) is 7.58. The summed E-state index contributed by atoms with van der Waals surface area (Å²) in [6.07, 6.45) is 0.691. The largest absolute Gasteiger partial charge is 0.417 e. The molecule has 1 aromatic heterocycles. The highest BCUT2D eigenvalue weighted by molar-refractivity contribution is 5.58. The van der Waals surface area contributed by atoms with Crippen LogP contribution in [0, 0.1) is 12.7 Å². The Labute approximate surface area is 161 Å². The lowest BCUT2D eigenvalue weighted by molar-refractivity contribution is -0.263. The first kappa shape index (κ1) is 20.5. The second-order valence-corrected chi connectivity index (χ2v) is 7.58. The van der Waals surface area contributed by atoms with Gasteiger partial charge in [-0.25, -0.2) is 4.39 Å². The summed E-state index contributed by atoms with van der Waals surface area (Å²) in [5.41, 5.74) is 0.0708. The molecule has 2 aromatic rings. The minimum absolute atomic E-state index is 0.420. The van der Waals surface area contributed by atoms with Crippen LogP contribution >= 0.6 is 0 Å². The van der Waals surface area contributed by atoms with E-state index >= 15 is 0 Å². The van der Waals surface area contributed by atoms with Crippen molar-refractivity contribution in [1.29, 1.82) is 0 Å². The normalized spacial score (nSPS) is 17.1. The monoisotopic (exact) mass is 393 g/mol. The number of alkyl halides is 3. The number of pyridine rings is 1. The van der Waals surface area contributed by atoms with Gasteiger partial charge in [0, 0.05) is 18.3 Å². The van der Waals surface area contributed by atoms with Crippen LogP contribution in [0.5, 0.6) is 0 Å². The van der Waals surface area contributed by atoms with Gasteiger partial charge in [-0.3, -0.25) is 4.98 Å². The summed E-state index contributed by atoms with van der Waals surface area (Å²) in [6.45, 7) is 3.31. The summed E-state index contributed by atoms with van der Waals surface area (Å²) in [5.74, 6) is -1.17. The van der Waals surface area contributed by atoms with E-state index in [1.54, 1.807) is 19.9 Å². The van der Waals surface area contributed by atoms with Crippen LogP contribution in [0.15, 0.2) is 36.5 Å². The molecular formula is C22H23F4NO. The van der Waals surface area contributed by atoms with Crippen molar-refractivity contribution in [1.82, 2.24) is 4.98 Å². The number of aliphatic hydroxyl groups is 1. The number of hydrogen-bond donors (Lipinski definition) is 1. The molecule has 0 saturated carbocycles. The number of fused-ring (bicyclic) bond motifs is 1. The van der Waals surface area contributed by atoms with Crippen LogP contribution in [-0.2, 0) is 12.8 Å². The topological polar surface area (TPSA) is 33.1 Å². The minimum atomic E-state index is -4.82. The SMILES string of the molecule is Cc1ccc(F)cc1C(C)CC(O)(Cc1ccnc2c1C=CCC2)C(F)(F)F. The van der Waals surface area contributed by atoms with Crippen LogP contribution in [0.4, 0.5) is 17.6 Å². The number of allylic oxidation sites excluding steroid dienone is 1. The van der Waals surface area contributed by atoms with E-state index in [2.05, 4.69) is 4.98 Å². The molecule has 0 spiro atoms. The molecule has 28 heavy (non-hydrogen) atoms. The lowest BCUT2D eigenvalue weighted by Crippen LogP contribution is -2.48. The van der Waals surface area contributed by atoms with Crippen molar-refractivity contribution < 1.29 is 22.7 Å². The van der Waals surface area contributed by atoms with Gasteiger partial charge in [0.05, 0.1) is 0 Å². The summed E-state index contributed by atoms with van der Waals surface area (Å²) >= 11 is 0. The Bertz CT molecular complexity index is 891. The number of aryl methyl sites for hydroxylation is 2. The molecule has 1 aliphatic carbocycles. The van der Waals surface area contributed by atoms with Crippen LogP contribution in [0.25, 0.3) is 6.08 Å². The smallest absolute Gasteiger partial charge is 0.380 e. The van der Waals surface area contributed by atoms with E-state index < -0.39 is 36.4 Å². The third-order valence-corrected chi connectivity index (χ3v) is 5.42. The van der Waals surface area contributed by atoms with Gasteiger partial charge in [0.2, 0.25) is 0 Å². The molecule has 2 unspecified atom stereocenters. The van der Waals surface area contributed by atoms with E-state index in [1.807, 2.05) is 6.08 Å². The van der Waals surface area contributed by atoms with Crippen LogP contribution < -0.4 is 0 Å². The highest BCUT2D eigenvalue weighted by atomic mass is 19.4. The van der Waals surface area contributed by atoms with Crippen molar-refractivity contribution in [2.45, 2.75) is 57.2 Å². The maximum atomic E-state index is 13.9. The first-order chi connectivity index (χ1) is 13.1. The van der Waals surface area contributed by atoms with Gasteiger partial charge in [0.15, 0.2) is 5.60 Å². The zero-order valence-electron chi connectivity index (χ0n) is 15.9. The molecular weight excluding hydrogens is 370 g/mol. The molecule has 0 aliphatic heterocycles.